The van der Waals surface area contributed by atoms with E-state index in [4.69, 9.17) is 5.73 Å². The molecule has 4 heteroatoms. The average Bonchev–Trinajstić information content (AvgIpc) is 2.70. The van der Waals surface area contributed by atoms with Crippen molar-refractivity contribution in [3.8, 4) is 11.4 Å². The second-order valence-electron chi connectivity index (χ2n) is 3.61. The lowest BCUT2D eigenvalue weighted by atomic mass is 10.1. The molecular formula is C11H14N4. The summed E-state index contributed by atoms with van der Waals surface area (Å²) in [6.07, 6.45) is 0. The van der Waals surface area contributed by atoms with Gasteiger partial charge in [-0.05, 0) is 31.0 Å². The molecular weight excluding hydrogens is 188 g/mol. The fourth-order valence-electron chi connectivity index (χ4n) is 1.40. The molecule has 0 saturated carbocycles. The van der Waals surface area contributed by atoms with Crippen LogP contribution in [0.1, 0.15) is 17.0 Å². The first kappa shape index (κ1) is 9.86. The Morgan fingerprint density at radius 2 is 2.07 bits per heavy atom. The number of aromatic nitrogens is 3. The normalized spacial score (nSPS) is 10.6. The molecule has 0 aliphatic rings. The van der Waals surface area contributed by atoms with Crippen LogP contribution >= 0.6 is 0 Å². The van der Waals surface area contributed by atoms with Gasteiger partial charge in [-0.1, -0.05) is 12.1 Å². The zero-order valence-corrected chi connectivity index (χ0v) is 8.91. The van der Waals surface area contributed by atoms with Crippen molar-refractivity contribution in [2.24, 2.45) is 5.73 Å². The first-order valence-electron chi connectivity index (χ1n) is 4.89. The molecule has 0 aliphatic carbocycles. The van der Waals surface area contributed by atoms with Crippen LogP contribution in [0.25, 0.3) is 11.4 Å². The fourth-order valence-corrected chi connectivity index (χ4v) is 1.40. The largest absolute Gasteiger partial charge is 0.324 e. The van der Waals surface area contributed by atoms with Gasteiger partial charge in [-0.3, -0.25) is 5.10 Å². The molecule has 4 nitrogen and oxygen atoms in total. The summed E-state index contributed by atoms with van der Waals surface area (Å²) in [5.41, 5.74) is 9.00. The Hall–Kier alpha value is -1.68. The van der Waals surface area contributed by atoms with E-state index in [0.717, 1.165) is 5.56 Å². The molecule has 0 aliphatic heterocycles. The highest BCUT2D eigenvalue weighted by atomic mass is 15.2. The predicted octanol–water partition coefficient (Wildman–Crippen LogP) is 1.55. The van der Waals surface area contributed by atoms with E-state index in [1.54, 1.807) is 0 Å². The van der Waals surface area contributed by atoms with Crippen LogP contribution in [-0.4, -0.2) is 15.2 Å². The maximum absolute atomic E-state index is 5.46. The highest BCUT2D eigenvalue weighted by Gasteiger charge is 2.05. The maximum Gasteiger partial charge on any atom is 0.181 e. The van der Waals surface area contributed by atoms with Crippen LogP contribution in [0.2, 0.25) is 0 Å². The van der Waals surface area contributed by atoms with Gasteiger partial charge < -0.3 is 5.73 Å². The molecule has 0 amide bonds. The van der Waals surface area contributed by atoms with Crippen molar-refractivity contribution in [1.82, 2.24) is 15.2 Å². The summed E-state index contributed by atoms with van der Waals surface area (Å²) in [6.45, 7) is 4.55. The van der Waals surface area contributed by atoms with E-state index in [9.17, 15) is 0 Å². The molecule has 15 heavy (non-hydrogen) atoms. The number of nitrogens with two attached hydrogens (primary N) is 1. The first-order valence-corrected chi connectivity index (χ1v) is 4.89. The van der Waals surface area contributed by atoms with Crippen LogP contribution in [-0.2, 0) is 6.54 Å². The van der Waals surface area contributed by atoms with Gasteiger partial charge >= 0.3 is 0 Å². The molecule has 0 saturated heterocycles. The van der Waals surface area contributed by atoms with Crippen LogP contribution in [0.4, 0.5) is 0 Å². The van der Waals surface area contributed by atoms with E-state index >= 15 is 0 Å². The van der Waals surface area contributed by atoms with E-state index in [2.05, 4.69) is 41.2 Å². The number of H-pyrrole nitrogens is 1. The zero-order valence-electron chi connectivity index (χ0n) is 8.91. The molecule has 0 spiro atoms. The Morgan fingerprint density at radius 3 is 2.67 bits per heavy atom. The quantitative estimate of drug-likeness (QED) is 0.776. The molecule has 2 aromatic rings. The molecule has 1 heterocycles. The lowest BCUT2D eigenvalue weighted by Gasteiger charge is -2.01. The monoisotopic (exact) mass is 202 g/mol. The van der Waals surface area contributed by atoms with E-state index in [-0.39, 0.29) is 0 Å². The third-order valence-electron chi connectivity index (χ3n) is 2.49. The number of aromatic amines is 1. The van der Waals surface area contributed by atoms with Gasteiger partial charge in [0.25, 0.3) is 0 Å². The summed E-state index contributed by atoms with van der Waals surface area (Å²) in [7, 11) is 0. The summed E-state index contributed by atoms with van der Waals surface area (Å²) in [5, 5.41) is 6.91. The van der Waals surface area contributed by atoms with Gasteiger partial charge in [-0.2, -0.15) is 5.10 Å². The average molecular weight is 202 g/mol. The Bertz CT molecular complexity index is 473. The third-order valence-corrected chi connectivity index (χ3v) is 2.49. The topological polar surface area (TPSA) is 67.6 Å². The summed E-state index contributed by atoms with van der Waals surface area (Å²) in [6, 6.07) is 6.17. The lowest BCUT2D eigenvalue weighted by Crippen LogP contribution is -1.97. The molecule has 2 rings (SSSR count). The Labute approximate surface area is 88.5 Å². The van der Waals surface area contributed by atoms with Gasteiger partial charge in [0, 0.05) is 5.56 Å². The van der Waals surface area contributed by atoms with E-state index < -0.39 is 0 Å². The van der Waals surface area contributed by atoms with E-state index in [1.807, 2.05) is 6.07 Å². The molecule has 0 radical (unpaired) electrons. The summed E-state index contributed by atoms with van der Waals surface area (Å²) in [4.78, 5) is 4.28. The van der Waals surface area contributed by atoms with Crippen LogP contribution in [0.15, 0.2) is 18.2 Å². The second-order valence-corrected chi connectivity index (χ2v) is 3.61. The van der Waals surface area contributed by atoms with E-state index in [0.29, 0.717) is 18.2 Å². The van der Waals surface area contributed by atoms with Gasteiger partial charge in [0.1, 0.15) is 5.82 Å². The van der Waals surface area contributed by atoms with Crippen LogP contribution in [0, 0.1) is 13.8 Å². The lowest BCUT2D eigenvalue weighted by molar-refractivity contribution is 0.917. The number of nitrogens with zero attached hydrogens (tertiary/aromatic N) is 2. The molecule has 78 valence electrons. The van der Waals surface area contributed by atoms with Crippen molar-refractivity contribution in [1.29, 1.82) is 0 Å². The van der Waals surface area contributed by atoms with Crippen LogP contribution < -0.4 is 5.73 Å². The molecule has 3 N–H and O–H groups in total. The first-order chi connectivity index (χ1) is 7.20. The number of benzene rings is 1. The van der Waals surface area contributed by atoms with Crippen molar-refractivity contribution >= 4 is 0 Å². The molecule has 0 unspecified atom stereocenters. The van der Waals surface area contributed by atoms with Gasteiger partial charge in [-0.15, -0.1) is 0 Å². The highest BCUT2D eigenvalue weighted by Crippen LogP contribution is 2.18. The number of aryl methyl sites for hydroxylation is 2. The van der Waals surface area contributed by atoms with Crippen LogP contribution in [0.5, 0.6) is 0 Å². The SMILES string of the molecule is Cc1ccc(-c2n[nH]c(CN)n2)cc1C. The molecule has 0 fully saturated rings. The molecule has 0 atom stereocenters. The van der Waals surface area contributed by atoms with Crippen molar-refractivity contribution in [3.05, 3.63) is 35.2 Å². The molecule has 0 bridgehead atoms. The standard InChI is InChI=1S/C11H14N4/c1-7-3-4-9(5-8(7)2)11-13-10(6-12)14-15-11/h3-5H,6,12H2,1-2H3,(H,13,14,15). The summed E-state index contributed by atoms with van der Waals surface area (Å²) >= 11 is 0. The van der Waals surface area contributed by atoms with Crippen molar-refractivity contribution in [2.75, 3.05) is 0 Å². The van der Waals surface area contributed by atoms with Gasteiger partial charge in [-0.25, -0.2) is 4.98 Å². The maximum atomic E-state index is 5.46. The minimum atomic E-state index is 0.387. The third kappa shape index (κ3) is 1.89. The minimum Gasteiger partial charge on any atom is -0.324 e. The van der Waals surface area contributed by atoms with Gasteiger partial charge in [0.15, 0.2) is 5.82 Å². The Morgan fingerprint density at radius 1 is 1.27 bits per heavy atom. The van der Waals surface area contributed by atoms with Crippen molar-refractivity contribution in [3.63, 3.8) is 0 Å². The smallest absolute Gasteiger partial charge is 0.181 e. The number of hydrogen-bond acceptors (Lipinski definition) is 3. The number of hydrogen-bond donors (Lipinski definition) is 2. The summed E-state index contributed by atoms with van der Waals surface area (Å²) in [5.74, 6) is 1.42. The fraction of sp³-hybridized carbons (Fsp3) is 0.273. The Balaban J connectivity index is 2.40. The molecule has 1 aromatic carbocycles. The van der Waals surface area contributed by atoms with Gasteiger partial charge in [0.2, 0.25) is 0 Å². The number of nitrogens with one attached hydrogen (secondary N) is 1. The number of rotatable bonds is 2. The predicted molar refractivity (Wildman–Crippen MR) is 59.2 cm³/mol. The summed E-state index contributed by atoms with van der Waals surface area (Å²) < 4.78 is 0. The van der Waals surface area contributed by atoms with E-state index in [1.165, 1.54) is 11.1 Å². The second kappa shape index (κ2) is 3.82. The highest BCUT2D eigenvalue weighted by molar-refractivity contribution is 5.56. The van der Waals surface area contributed by atoms with Crippen molar-refractivity contribution in [2.45, 2.75) is 20.4 Å². The minimum absolute atomic E-state index is 0.387. The van der Waals surface area contributed by atoms with Crippen molar-refractivity contribution < 1.29 is 0 Å². The van der Waals surface area contributed by atoms with Crippen LogP contribution in [0.3, 0.4) is 0 Å². The van der Waals surface area contributed by atoms with Gasteiger partial charge in [0.05, 0.1) is 6.54 Å². The zero-order chi connectivity index (χ0) is 10.8. The Kier molecular flexibility index (Phi) is 2.51. The molecule has 1 aromatic heterocycles.